The van der Waals surface area contributed by atoms with Crippen molar-refractivity contribution in [3.05, 3.63) is 29.6 Å². The Morgan fingerprint density at radius 3 is 2.21 bits per heavy atom. The molecule has 106 valence electrons. The summed E-state index contributed by atoms with van der Waals surface area (Å²) in [5.41, 5.74) is -0.899. The van der Waals surface area contributed by atoms with E-state index in [1.807, 2.05) is 20.8 Å². The second-order valence-corrected chi connectivity index (χ2v) is 4.88. The van der Waals surface area contributed by atoms with Crippen molar-refractivity contribution in [2.24, 2.45) is 0 Å². The van der Waals surface area contributed by atoms with E-state index >= 15 is 0 Å². The molecule has 1 amide bonds. The van der Waals surface area contributed by atoms with Crippen LogP contribution in [-0.4, -0.2) is 18.0 Å². The van der Waals surface area contributed by atoms with Crippen LogP contribution in [-0.2, 0) is 4.79 Å². The van der Waals surface area contributed by atoms with Gasteiger partial charge in [-0.2, -0.15) is 0 Å². The third-order valence-electron chi connectivity index (χ3n) is 2.79. The number of anilines is 1. The standard InChI is InChI=1S/C13H17F3N2O/c1-4-13(2,3)18-11(19)7-17-12-9(15)5-8(14)6-10(12)16/h5-6,17H,4,7H2,1-3H3,(H,18,19). The number of carbonyl (C=O) groups excluding carboxylic acids is 1. The molecule has 1 aromatic rings. The van der Waals surface area contributed by atoms with Crippen molar-refractivity contribution in [2.45, 2.75) is 32.7 Å². The summed E-state index contributed by atoms with van der Waals surface area (Å²) in [5.74, 6) is -3.54. The second kappa shape index (κ2) is 5.95. The van der Waals surface area contributed by atoms with Crippen LogP contribution < -0.4 is 10.6 Å². The van der Waals surface area contributed by atoms with Crippen LogP contribution >= 0.6 is 0 Å². The molecule has 0 saturated heterocycles. The molecule has 0 aromatic heterocycles. The van der Waals surface area contributed by atoms with Gasteiger partial charge < -0.3 is 10.6 Å². The molecule has 0 aliphatic carbocycles. The van der Waals surface area contributed by atoms with Crippen LogP contribution in [0.4, 0.5) is 18.9 Å². The molecule has 0 unspecified atom stereocenters. The second-order valence-electron chi connectivity index (χ2n) is 4.88. The number of amides is 1. The molecule has 0 radical (unpaired) electrons. The van der Waals surface area contributed by atoms with Crippen molar-refractivity contribution >= 4 is 11.6 Å². The number of halogens is 3. The average Bonchev–Trinajstić information content (AvgIpc) is 2.26. The molecule has 0 saturated carbocycles. The number of hydrogen-bond acceptors (Lipinski definition) is 2. The zero-order valence-corrected chi connectivity index (χ0v) is 11.1. The normalized spacial score (nSPS) is 11.3. The predicted octanol–water partition coefficient (Wildman–Crippen LogP) is 2.82. The van der Waals surface area contributed by atoms with Crippen LogP contribution in [0, 0.1) is 17.5 Å². The molecular weight excluding hydrogens is 257 g/mol. The van der Waals surface area contributed by atoms with Gasteiger partial charge in [0.15, 0.2) is 11.6 Å². The predicted molar refractivity (Wildman–Crippen MR) is 67.3 cm³/mol. The maximum atomic E-state index is 13.3. The highest BCUT2D eigenvalue weighted by atomic mass is 19.1. The monoisotopic (exact) mass is 274 g/mol. The van der Waals surface area contributed by atoms with Crippen LogP contribution in [0.3, 0.4) is 0 Å². The lowest BCUT2D eigenvalue weighted by Crippen LogP contribution is -2.45. The molecule has 0 aliphatic rings. The Hall–Kier alpha value is -1.72. The minimum atomic E-state index is -1.07. The van der Waals surface area contributed by atoms with E-state index in [9.17, 15) is 18.0 Å². The SMILES string of the molecule is CCC(C)(C)NC(=O)CNc1c(F)cc(F)cc1F. The summed E-state index contributed by atoms with van der Waals surface area (Å²) in [6, 6.07) is 1.11. The van der Waals surface area contributed by atoms with Gasteiger partial charge >= 0.3 is 0 Å². The third-order valence-corrected chi connectivity index (χ3v) is 2.79. The molecule has 0 spiro atoms. The summed E-state index contributed by atoms with van der Waals surface area (Å²) >= 11 is 0. The van der Waals surface area contributed by atoms with Crippen molar-refractivity contribution in [3.63, 3.8) is 0 Å². The van der Waals surface area contributed by atoms with E-state index in [-0.39, 0.29) is 6.54 Å². The molecule has 0 fully saturated rings. The first-order valence-corrected chi connectivity index (χ1v) is 5.94. The van der Waals surface area contributed by atoms with Gasteiger partial charge in [0.05, 0.1) is 6.54 Å². The number of benzene rings is 1. The first kappa shape index (κ1) is 15.3. The van der Waals surface area contributed by atoms with Crippen molar-refractivity contribution in [3.8, 4) is 0 Å². The summed E-state index contributed by atoms with van der Waals surface area (Å²) in [6.07, 6.45) is 0.720. The molecule has 2 N–H and O–H groups in total. The van der Waals surface area contributed by atoms with Gasteiger partial charge in [0, 0.05) is 17.7 Å². The van der Waals surface area contributed by atoms with E-state index in [0.717, 1.165) is 6.42 Å². The van der Waals surface area contributed by atoms with Crippen LogP contribution in [0.5, 0.6) is 0 Å². The zero-order chi connectivity index (χ0) is 14.6. The van der Waals surface area contributed by atoms with E-state index in [0.29, 0.717) is 12.1 Å². The van der Waals surface area contributed by atoms with Gasteiger partial charge in [-0.05, 0) is 20.3 Å². The number of rotatable bonds is 5. The fourth-order valence-electron chi connectivity index (χ4n) is 1.39. The lowest BCUT2D eigenvalue weighted by atomic mass is 10.0. The Labute approximate surface area is 110 Å². The van der Waals surface area contributed by atoms with E-state index < -0.39 is 34.6 Å². The van der Waals surface area contributed by atoms with Crippen LogP contribution in [0.15, 0.2) is 12.1 Å². The largest absolute Gasteiger partial charge is 0.371 e. The Morgan fingerprint density at radius 2 is 1.74 bits per heavy atom. The maximum Gasteiger partial charge on any atom is 0.239 e. The van der Waals surface area contributed by atoms with Gasteiger partial charge in [-0.15, -0.1) is 0 Å². The highest BCUT2D eigenvalue weighted by molar-refractivity contribution is 5.81. The molecular formula is C13H17F3N2O. The number of carbonyl (C=O) groups is 1. The molecule has 6 heteroatoms. The van der Waals surface area contributed by atoms with Crippen molar-refractivity contribution < 1.29 is 18.0 Å². The lowest BCUT2D eigenvalue weighted by molar-refractivity contribution is -0.121. The highest BCUT2D eigenvalue weighted by Crippen LogP contribution is 2.19. The van der Waals surface area contributed by atoms with Gasteiger partial charge in [0.2, 0.25) is 5.91 Å². The zero-order valence-electron chi connectivity index (χ0n) is 11.1. The highest BCUT2D eigenvalue weighted by Gasteiger charge is 2.18. The van der Waals surface area contributed by atoms with E-state index in [4.69, 9.17) is 0 Å². The topological polar surface area (TPSA) is 41.1 Å². The summed E-state index contributed by atoms with van der Waals surface area (Å²) in [7, 11) is 0. The van der Waals surface area contributed by atoms with Gasteiger partial charge in [0.1, 0.15) is 11.5 Å². The average molecular weight is 274 g/mol. The van der Waals surface area contributed by atoms with Gasteiger partial charge in [-0.1, -0.05) is 6.92 Å². The molecule has 19 heavy (non-hydrogen) atoms. The summed E-state index contributed by atoms with van der Waals surface area (Å²) in [6.45, 7) is 5.30. The van der Waals surface area contributed by atoms with Crippen molar-refractivity contribution in [1.82, 2.24) is 5.32 Å². The minimum absolute atomic E-state index is 0.289. The van der Waals surface area contributed by atoms with Gasteiger partial charge in [-0.3, -0.25) is 4.79 Å². The minimum Gasteiger partial charge on any atom is -0.371 e. The Balaban J connectivity index is 2.65. The van der Waals surface area contributed by atoms with Gasteiger partial charge in [-0.25, -0.2) is 13.2 Å². The molecule has 1 aromatic carbocycles. The number of nitrogens with one attached hydrogen (secondary N) is 2. The number of hydrogen-bond donors (Lipinski definition) is 2. The smallest absolute Gasteiger partial charge is 0.239 e. The molecule has 0 atom stereocenters. The third kappa shape index (κ3) is 4.46. The molecule has 1 rings (SSSR count). The summed E-state index contributed by atoms with van der Waals surface area (Å²) in [5, 5.41) is 5.03. The van der Waals surface area contributed by atoms with E-state index in [2.05, 4.69) is 10.6 Å². The fraction of sp³-hybridized carbons (Fsp3) is 0.462. The molecule has 0 heterocycles. The Morgan fingerprint density at radius 1 is 1.21 bits per heavy atom. The Kier molecular flexibility index (Phi) is 4.80. The van der Waals surface area contributed by atoms with Crippen LogP contribution in [0.2, 0.25) is 0 Å². The van der Waals surface area contributed by atoms with Crippen LogP contribution in [0.1, 0.15) is 27.2 Å². The quantitative estimate of drug-likeness (QED) is 0.867. The van der Waals surface area contributed by atoms with E-state index in [1.54, 1.807) is 0 Å². The lowest BCUT2D eigenvalue weighted by Gasteiger charge is -2.24. The van der Waals surface area contributed by atoms with Gasteiger partial charge in [0.25, 0.3) is 0 Å². The first-order valence-electron chi connectivity index (χ1n) is 5.94. The Bertz CT molecular complexity index is 452. The molecule has 0 bridgehead atoms. The van der Waals surface area contributed by atoms with Crippen molar-refractivity contribution in [2.75, 3.05) is 11.9 Å². The molecule has 0 aliphatic heterocycles. The summed E-state index contributed by atoms with van der Waals surface area (Å²) < 4.78 is 39.3. The maximum absolute atomic E-state index is 13.3. The van der Waals surface area contributed by atoms with Crippen molar-refractivity contribution in [1.29, 1.82) is 0 Å². The summed E-state index contributed by atoms with van der Waals surface area (Å²) in [4.78, 5) is 11.6. The van der Waals surface area contributed by atoms with E-state index in [1.165, 1.54) is 0 Å². The van der Waals surface area contributed by atoms with Crippen LogP contribution in [0.25, 0.3) is 0 Å². The molecule has 3 nitrogen and oxygen atoms in total. The first-order chi connectivity index (χ1) is 8.75. The fourth-order valence-corrected chi connectivity index (χ4v) is 1.39.